The second-order valence-corrected chi connectivity index (χ2v) is 4.92. The molecule has 0 saturated carbocycles. The Labute approximate surface area is 96.0 Å². The van der Waals surface area contributed by atoms with Crippen molar-refractivity contribution in [1.29, 1.82) is 0 Å². The zero-order valence-corrected chi connectivity index (χ0v) is 9.39. The van der Waals surface area contributed by atoms with Gasteiger partial charge in [0.25, 0.3) is 0 Å². The molecule has 2 bridgehead atoms. The van der Waals surface area contributed by atoms with E-state index in [4.69, 9.17) is 0 Å². The van der Waals surface area contributed by atoms with E-state index in [1.807, 2.05) is 12.4 Å². The topological polar surface area (TPSA) is 37.8 Å². The highest BCUT2D eigenvalue weighted by molar-refractivity contribution is 5.64. The maximum atomic E-state index is 4.11. The van der Waals surface area contributed by atoms with E-state index in [0.717, 1.165) is 11.8 Å². The minimum atomic E-state index is 0.799. The maximum absolute atomic E-state index is 4.11. The Kier molecular flexibility index (Phi) is 2.70. The summed E-state index contributed by atoms with van der Waals surface area (Å²) in [6, 6.07) is 0. The molecule has 2 unspecified atom stereocenters. The van der Waals surface area contributed by atoms with Gasteiger partial charge < -0.3 is 5.32 Å². The molecule has 1 aromatic heterocycles. The Morgan fingerprint density at radius 3 is 2.81 bits per heavy atom. The van der Waals surface area contributed by atoms with E-state index in [9.17, 15) is 0 Å². The predicted molar refractivity (Wildman–Crippen MR) is 63.7 cm³/mol. The summed E-state index contributed by atoms with van der Waals surface area (Å²) in [5.74, 6) is 1.63. The molecule has 1 fully saturated rings. The van der Waals surface area contributed by atoms with E-state index in [0.29, 0.717) is 0 Å². The number of rotatable bonds is 1. The standard InChI is InChI=1S/C13H17N3/c1-2-12(13-7-15-9-16-8-13)4-11-3-10(1)5-14-6-11/h2,7-11,14H,1,3-6H2. The van der Waals surface area contributed by atoms with Gasteiger partial charge in [-0.05, 0) is 49.8 Å². The number of hydrogen-bond acceptors (Lipinski definition) is 3. The lowest BCUT2D eigenvalue weighted by Gasteiger charge is -2.27. The molecular weight excluding hydrogens is 198 g/mol. The highest BCUT2D eigenvalue weighted by Crippen LogP contribution is 2.33. The normalized spacial score (nSPS) is 29.4. The van der Waals surface area contributed by atoms with E-state index in [-0.39, 0.29) is 0 Å². The molecule has 16 heavy (non-hydrogen) atoms. The molecule has 1 aliphatic carbocycles. The molecule has 0 radical (unpaired) electrons. The molecule has 3 heteroatoms. The number of aromatic nitrogens is 2. The largest absolute Gasteiger partial charge is 0.316 e. The van der Waals surface area contributed by atoms with Crippen LogP contribution in [0.3, 0.4) is 0 Å². The lowest BCUT2D eigenvalue weighted by Crippen LogP contribution is -2.35. The van der Waals surface area contributed by atoms with Crippen molar-refractivity contribution in [3.05, 3.63) is 30.4 Å². The Balaban J connectivity index is 1.85. The molecule has 84 valence electrons. The molecule has 1 aliphatic heterocycles. The Morgan fingerprint density at radius 2 is 1.94 bits per heavy atom. The number of piperidine rings is 1. The first-order valence-corrected chi connectivity index (χ1v) is 6.07. The first kappa shape index (κ1) is 9.97. The van der Waals surface area contributed by atoms with Crippen LogP contribution in [0.25, 0.3) is 5.57 Å². The summed E-state index contributed by atoms with van der Waals surface area (Å²) in [6.07, 6.45) is 11.6. The summed E-state index contributed by atoms with van der Waals surface area (Å²) in [4.78, 5) is 8.22. The van der Waals surface area contributed by atoms with Crippen LogP contribution in [0.1, 0.15) is 24.8 Å². The fraction of sp³-hybridized carbons (Fsp3) is 0.538. The first-order chi connectivity index (χ1) is 7.92. The average molecular weight is 215 g/mol. The Bertz CT molecular complexity index is 385. The van der Waals surface area contributed by atoms with Crippen LogP contribution in [0.15, 0.2) is 24.8 Å². The van der Waals surface area contributed by atoms with Crippen LogP contribution in [0, 0.1) is 11.8 Å². The zero-order valence-electron chi connectivity index (χ0n) is 9.39. The summed E-state index contributed by atoms with van der Waals surface area (Å²) in [7, 11) is 0. The molecule has 3 nitrogen and oxygen atoms in total. The van der Waals surface area contributed by atoms with Crippen molar-refractivity contribution in [2.24, 2.45) is 11.8 Å². The summed E-state index contributed by atoms with van der Waals surface area (Å²) in [5.41, 5.74) is 2.65. The molecule has 0 spiro atoms. The maximum Gasteiger partial charge on any atom is 0.115 e. The van der Waals surface area contributed by atoms with Gasteiger partial charge in [-0.2, -0.15) is 0 Å². The van der Waals surface area contributed by atoms with Gasteiger partial charge >= 0.3 is 0 Å². The van der Waals surface area contributed by atoms with Gasteiger partial charge in [0.15, 0.2) is 0 Å². The van der Waals surface area contributed by atoms with Crippen LogP contribution < -0.4 is 5.32 Å². The second kappa shape index (κ2) is 4.34. The van der Waals surface area contributed by atoms with Crippen molar-refractivity contribution >= 4 is 5.57 Å². The highest BCUT2D eigenvalue weighted by atomic mass is 14.9. The minimum absolute atomic E-state index is 0.799. The monoisotopic (exact) mass is 215 g/mol. The quantitative estimate of drug-likeness (QED) is 0.777. The van der Waals surface area contributed by atoms with Crippen LogP contribution in [-0.4, -0.2) is 23.1 Å². The average Bonchev–Trinajstić information content (AvgIpc) is 2.49. The van der Waals surface area contributed by atoms with Gasteiger partial charge in [-0.1, -0.05) is 6.08 Å². The van der Waals surface area contributed by atoms with Crippen LogP contribution in [0.5, 0.6) is 0 Å². The molecule has 1 saturated heterocycles. The number of hydrogen-bond donors (Lipinski definition) is 1. The third kappa shape index (κ3) is 2.00. The number of nitrogens with zero attached hydrogens (tertiary/aromatic N) is 2. The van der Waals surface area contributed by atoms with Crippen LogP contribution in [0.2, 0.25) is 0 Å². The van der Waals surface area contributed by atoms with E-state index in [2.05, 4.69) is 21.4 Å². The van der Waals surface area contributed by atoms with Crippen LogP contribution in [0.4, 0.5) is 0 Å². The second-order valence-electron chi connectivity index (χ2n) is 4.92. The number of nitrogens with one attached hydrogen (secondary N) is 1. The van der Waals surface area contributed by atoms with Crippen LogP contribution >= 0.6 is 0 Å². The summed E-state index contributed by atoms with van der Waals surface area (Å²) >= 11 is 0. The van der Waals surface area contributed by atoms with Crippen molar-refractivity contribution in [2.75, 3.05) is 13.1 Å². The van der Waals surface area contributed by atoms with Gasteiger partial charge in [0, 0.05) is 18.0 Å². The zero-order chi connectivity index (χ0) is 10.8. The van der Waals surface area contributed by atoms with E-state index < -0.39 is 0 Å². The Hall–Kier alpha value is -1.22. The van der Waals surface area contributed by atoms with Crippen molar-refractivity contribution in [3.63, 3.8) is 0 Å². The van der Waals surface area contributed by atoms with Crippen molar-refractivity contribution in [2.45, 2.75) is 19.3 Å². The lowest BCUT2D eigenvalue weighted by molar-refractivity contribution is 0.298. The van der Waals surface area contributed by atoms with Crippen LogP contribution in [-0.2, 0) is 0 Å². The van der Waals surface area contributed by atoms with Gasteiger partial charge in [0.2, 0.25) is 0 Å². The van der Waals surface area contributed by atoms with Gasteiger partial charge in [-0.3, -0.25) is 0 Å². The Morgan fingerprint density at radius 1 is 1.12 bits per heavy atom. The molecule has 0 amide bonds. The molecule has 1 aromatic rings. The molecule has 3 rings (SSSR count). The molecule has 1 N–H and O–H groups in total. The van der Waals surface area contributed by atoms with Crippen molar-refractivity contribution in [3.8, 4) is 0 Å². The molecule has 2 aliphatic rings. The van der Waals surface area contributed by atoms with Gasteiger partial charge in [0.1, 0.15) is 6.33 Å². The molecule has 2 atom stereocenters. The smallest absolute Gasteiger partial charge is 0.115 e. The van der Waals surface area contributed by atoms with Gasteiger partial charge in [0.05, 0.1) is 0 Å². The molecule has 0 aromatic carbocycles. The summed E-state index contributed by atoms with van der Waals surface area (Å²) in [6.45, 7) is 2.35. The minimum Gasteiger partial charge on any atom is -0.316 e. The van der Waals surface area contributed by atoms with Gasteiger partial charge in [-0.25, -0.2) is 9.97 Å². The summed E-state index contributed by atoms with van der Waals surface area (Å²) in [5, 5.41) is 3.53. The lowest BCUT2D eigenvalue weighted by atomic mass is 9.88. The third-order valence-corrected chi connectivity index (χ3v) is 3.67. The number of fused-ring (bicyclic) bond motifs is 2. The van der Waals surface area contributed by atoms with Crippen molar-refractivity contribution in [1.82, 2.24) is 15.3 Å². The fourth-order valence-corrected chi connectivity index (χ4v) is 2.87. The first-order valence-electron chi connectivity index (χ1n) is 6.07. The number of allylic oxidation sites excluding steroid dienone is 2. The van der Waals surface area contributed by atoms with E-state index in [1.165, 1.54) is 43.5 Å². The molecular formula is C13H17N3. The van der Waals surface area contributed by atoms with Crippen molar-refractivity contribution < 1.29 is 0 Å². The van der Waals surface area contributed by atoms with E-state index in [1.54, 1.807) is 6.33 Å². The predicted octanol–water partition coefficient (Wildman–Crippen LogP) is 1.88. The fourth-order valence-electron chi connectivity index (χ4n) is 2.87. The van der Waals surface area contributed by atoms with E-state index >= 15 is 0 Å². The third-order valence-electron chi connectivity index (χ3n) is 3.67. The highest BCUT2D eigenvalue weighted by Gasteiger charge is 2.25. The molecule has 2 heterocycles. The summed E-state index contributed by atoms with van der Waals surface area (Å²) < 4.78 is 0. The van der Waals surface area contributed by atoms with Gasteiger partial charge in [-0.15, -0.1) is 0 Å². The SMILES string of the molecule is C1=C(c2cncnc2)CC2CNCC(C1)C2.